The number of piperidine rings is 1. The summed E-state index contributed by atoms with van der Waals surface area (Å²) >= 11 is 6.53. The molecule has 0 unspecified atom stereocenters. The first kappa shape index (κ1) is 29.2. The Bertz CT molecular complexity index is 1640. The molecular formula is C25H31Cl2N9O4. The van der Waals surface area contributed by atoms with Gasteiger partial charge in [-0.15, -0.1) is 22.6 Å². The minimum Gasteiger partial charge on any atom is -0.444 e. The Morgan fingerprint density at radius 3 is 2.67 bits per heavy atom. The molecule has 40 heavy (non-hydrogen) atoms. The fraction of sp³-hybridized carbons (Fsp3) is 0.440. The number of tetrazole rings is 1. The SMILES string of the molecule is Cl.Cn1c(=O)[nH]c2c(-c3nn[nH]n3)c(N3CCC[C@@H](NC(=O)OC(C)(C)C)C3)n(Cc3ccccc3Cl)c2c1=O. The third kappa shape index (κ3) is 5.70. The van der Waals surface area contributed by atoms with E-state index in [-0.39, 0.29) is 36.3 Å². The molecule has 1 saturated heterocycles. The lowest BCUT2D eigenvalue weighted by atomic mass is 10.1. The van der Waals surface area contributed by atoms with Gasteiger partial charge in [0.2, 0.25) is 5.82 Å². The van der Waals surface area contributed by atoms with Crippen LogP contribution < -0.4 is 21.5 Å². The lowest BCUT2D eigenvalue weighted by molar-refractivity contribution is 0.0500. The fourth-order valence-electron chi connectivity index (χ4n) is 4.91. The molecular weight excluding hydrogens is 561 g/mol. The highest BCUT2D eigenvalue weighted by Crippen LogP contribution is 2.38. The summed E-state index contributed by atoms with van der Waals surface area (Å²) in [5, 5.41) is 18.0. The highest BCUT2D eigenvalue weighted by molar-refractivity contribution is 6.31. The van der Waals surface area contributed by atoms with Crippen LogP contribution in [0.25, 0.3) is 22.4 Å². The first-order valence-corrected chi connectivity index (χ1v) is 13.0. The van der Waals surface area contributed by atoms with Gasteiger partial charge in [0, 0.05) is 31.2 Å². The van der Waals surface area contributed by atoms with Crippen LogP contribution in [0.15, 0.2) is 33.9 Å². The highest BCUT2D eigenvalue weighted by Gasteiger charge is 2.32. The van der Waals surface area contributed by atoms with E-state index < -0.39 is 22.9 Å². The van der Waals surface area contributed by atoms with Gasteiger partial charge >= 0.3 is 11.8 Å². The number of anilines is 1. The second-order valence-electron chi connectivity index (χ2n) is 10.6. The molecule has 0 saturated carbocycles. The van der Waals surface area contributed by atoms with Crippen molar-refractivity contribution in [3.63, 3.8) is 0 Å². The fourth-order valence-corrected chi connectivity index (χ4v) is 5.11. The van der Waals surface area contributed by atoms with Crippen LogP contribution in [0.3, 0.4) is 0 Å². The van der Waals surface area contributed by atoms with Gasteiger partial charge in [0.1, 0.15) is 16.9 Å². The van der Waals surface area contributed by atoms with E-state index in [4.69, 9.17) is 16.3 Å². The molecule has 3 aromatic heterocycles. The van der Waals surface area contributed by atoms with Gasteiger partial charge in [0.15, 0.2) is 0 Å². The van der Waals surface area contributed by atoms with E-state index in [9.17, 15) is 14.4 Å². The van der Waals surface area contributed by atoms with E-state index >= 15 is 0 Å². The molecule has 5 rings (SSSR count). The molecule has 1 aromatic carbocycles. The minimum atomic E-state index is -0.627. The Labute approximate surface area is 240 Å². The summed E-state index contributed by atoms with van der Waals surface area (Å²) in [5.41, 5.74) is 0.142. The molecule has 15 heteroatoms. The summed E-state index contributed by atoms with van der Waals surface area (Å²) in [5.74, 6) is 0.833. The van der Waals surface area contributed by atoms with Crippen molar-refractivity contribution < 1.29 is 9.53 Å². The van der Waals surface area contributed by atoms with Crippen LogP contribution in [-0.2, 0) is 18.3 Å². The lowest BCUT2D eigenvalue weighted by Crippen LogP contribution is -2.49. The normalized spacial score (nSPS) is 15.6. The number of H-pyrrole nitrogens is 2. The van der Waals surface area contributed by atoms with E-state index in [1.165, 1.54) is 7.05 Å². The summed E-state index contributed by atoms with van der Waals surface area (Å²) in [6.45, 7) is 6.72. The zero-order valence-corrected chi connectivity index (χ0v) is 24.1. The van der Waals surface area contributed by atoms with Crippen LogP contribution in [0.2, 0.25) is 5.02 Å². The molecule has 0 aliphatic carbocycles. The van der Waals surface area contributed by atoms with Gasteiger partial charge in [-0.3, -0.25) is 9.36 Å². The van der Waals surface area contributed by atoms with Gasteiger partial charge in [-0.1, -0.05) is 29.8 Å². The maximum Gasteiger partial charge on any atom is 0.407 e. The first-order chi connectivity index (χ1) is 18.5. The van der Waals surface area contributed by atoms with Gasteiger partial charge in [0.05, 0.1) is 17.6 Å². The average Bonchev–Trinajstić information content (AvgIpc) is 3.49. The van der Waals surface area contributed by atoms with Crippen LogP contribution in [0, 0.1) is 0 Å². The van der Waals surface area contributed by atoms with Crippen molar-refractivity contribution in [2.75, 3.05) is 18.0 Å². The minimum absolute atomic E-state index is 0. The molecule has 4 aromatic rings. The second kappa shape index (κ2) is 11.3. The summed E-state index contributed by atoms with van der Waals surface area (Å²) in [6, 6.07) is 7.14. The van der Waals surface area contributed by atoms with Crippen molar-refractivity contribution >= 4 is 47.0 Å². The maximum absolute atomic E-state index is 13.5. The van der Waals surface area contributed by atoms with Crippen molar-refractivity contribution in [3.8, 4) is 11.4 Å². The molecule has 1 amide bonds. The zero-order chi connectivity index (χ0) is 27.9. The predicted octanol–water partition coefficient (Wildman–Crippen LogP) is 2.83. The Hall–Kier alpha value is -3.84. The predicted molar refractivity (Wildman–Crippen MR) is 153 cm³/mol. The number of nitrogens with one attached hydrogen (secondary N) is 3. The van der Waals surface area contributed by atoms with Gasteiger partial charge in [0.25, 0.3) is 5.56 Å². The van der Waals surface area contributed by atoms with Gasteiger partial charge < -0.3 is 24.5 Å². The number of ether oxygens (including phenoxy) is 1. The smallest absolute Gasteiger partial charge is 0.407 e. The molecule has 1 fully saturated rings. The third-order valence-corrected chi connectivity index (χ3v) is 6.95. The number of rotatable bonds is 5. The standard InChI is InChI=1S/C25H30ClN9O4.ClH/c1-25(2,3)39-24(38)27-15-9-7-11-34(13-15)21-17(20-29-31-32-30-20)18-19(22(36)33(4)23(37)28-18)35(21)12-14-8-5-6-10-16(14)26;/h5-6,8,10,15H,7,9,11-13H2,1-4H3,(H,27,38)(H,28,37)(H,29,30,31,32);1H/t15-;/m1./s1. The molecule has 13 nitrogen and oxygen atoms in total. The van der Waals surface area contributed by atoms with E-state index in [1.807, 2.05) is 43.5 Å². The van der Waals surface area contributed by atoms with Crippen LogP contribution in [0.5, 0.6) is 0 Å². The monoisotopic (exact) mass is 591 g/mol. The number of aromatic nitrogens is 7. The molecule has 0 bridgehead atoms. The van der Waals surface area contributed by atoms with E-state index in [0.29, 0.717) is 35.0 Å². The molecule has 4 heterocycles. The van der Waals surface area contributed by atoms with E-state index in [1.54, 1.807) is 6.07 Å². The summed E-state index contributed by atoms with van der Waals surface area (Å²) in [7, 11) is 1.42. The summed E-state index contributed by atoms with van der Waals surface area (Å²) in [6.07, 6.45) is 1.01. The highest BCUT2D eigenvalue weighted by atomic mass is 35.5. The Balaban J connectivity index is 0.00000370. The largest absolute Gasteiger partial charge is 0.444 e. The van der Waals surface area contributed by atoms with Gasteiger partial charge in [-0.05, 0) is 50.5 Å². The molecule has 3 N–H and O–H groups in total. The van der Waals surface area contributed by atoms with Crippen LogP contribution in [0.4, 0.5) is 10.6 Å². The van der Waals surface area contributed by atoms with Crippen molar-refractivity contribution in [2.24, 2.45) is 7.05 Å². The Morgan fingerprint density at radius 1 is 1.25 bits per heavy atom. The number of amides is 1. The number of benzene rings is 1. The number of hydrogen-bond acceptors (Lipinski definition) is 8. The Morgan fingerprint density at radius 2 is 2.00 bits per heavy atom. The van der Waals surface area contributed by atoms with Gasteiger partial charge in [-0.2, -0.15) is 5.21 Å². The Kier molecular flexibility index (Phi) is 8.26. The second-order valence-corrected chi connectivity index (χ2v) is 11.0. The number of nitrogens with zero attached hydrogens (tertiary/aromatic N) is 6. The molecule has 0 spiro atoms. The third-order valence-electron chi connectivity index (χ3n) is 6.58. The van der Waals surface area contributed by atoms with Crippen molar-refractivity contribution in [3.05, 3.63) is 55.7 Å². The summed E-state index contributed by atoms with van der Waals surface area (Å²) in [4.78, 5) is 43.7. The number of halogens is 2. The number of alkyl carbamates (subject to hydrolysis) is 1. The summed E-state index contributed by atoms with van der Waals surface area (Å²) < 4.78 is 8.32. The number of fused-ring (bicyclic) bond motifs is 1. The quantitative estimate of drug-likeness (QED) is 0.320. The number of carbonyl (C=O) groups excluding carboxylic acids is 1. The molecule has 214 valence electrons. The lowest BCUT2D eigenvalue weighted by Gasteiger charge is -2.36. The van der Waals surface area contributed by atoms with Crippen molar-refractivity contribution in [1.29, 1.82) is 0 Å². The zero-order valence-electron chi connectivity index (χ0n) is 22.5. The van der Waals surface area contributed by atoms with Crippen molar-refractivity contribution in [1.82, 2.24) is 40.1 Å². The van der Waals surface area contributed by atoms with Crippen LogP contribution in [0.1, 0.15) is 39.2 Å². The number of aromatic amines is 2. The molecule has 0 radical (unpaired) electrons. The maximum atomic E-state index is 13.5. The van der Waals surface area contributed by atoms with Crippen LogP contribution in [-0.4, -0.2) is 65.6 Å². The molecule has 1 atom stereocenters. The number of carbonyl (C=O) groups is 1. The van der Waals surface area contributed by atoms with Crippen molar-refractivity contribution in [2.45, 2.75) is 51.8 Å². The van der Waals surface area contributed by atoms with Gasteiger partial charge in [-0.25, -0.2) is 9.59 Å². The topological polar surface area (TPSA) is 156 Å². The number of hydrogen-bond donors (Lipinski definition) is 3. The van der Waals surface area contributed by atoms with Crippen LogP contribution >= 0.6 is 24.0 Å². The van der Waals surface area contributed by atoms with E-state index in [0.717, 1.165) is 23.0 Å². The molecule has 1 aliphatic rings. The molecule has 1 aliphatic heterocycles. The van der Waals surface area contributed by atoms with E-state index in [2.05, 4.69) is 35.8 Å². The first-order valence-electron chi connectivity index (χ1n) is 12.6. The average molecular weight is 592 g/mol.